The lowest BCUT2D eigenvalue weighted by atomic mass is 9.89. The molecule has 1 amide bonds. The van der Waals surface area contributed by atoms with Gasteiger partial charge in [-0.1, -0.05) is 19.3 Å². The Morgan fingerprint density at radius 2 is 2.04 bits per heavy atom. The summed E-state index contributed by atoms with van der Waals surface area (Å²) in [5.74, 6) is -0.0447. The van der Waals surface area contributed by atoms with E-state index in [1.807, 2.05) is 0 Å². The highest BCUT2D eigenvalue weighted by atomic mass is 35.5. The number of anilines is 1. The first-order valence-corrected chi connectivity index (χ1v) is 9.40. The third-order valence-corrected chi connectivity index (χ3v) is 5.25. The minimum Gasteiger partial charge on any atom is -0.364 e. The first-order chi connectivity index (χ1) is 12.6. The standard InChI is InChI=1S/C19H27FN4O2.2ClH/c20-17-10-15(6-7-18(25)23-26)11-21-19(17)22-16-8-9-24(13-16)12-14-4-2-1-3-5-14;;/h6-7,10-11,14,16,26H,1-5,8-9,12-13H2,(H,21,22)(H,23,25);2*1H/b7-6+;;/t16-;;/m1../s1. The number of nitrogens with zero attached hydrogens (tertiary/aromatic N) is 2. The van der Waals surface area contributed by atoms with Gasteiger partial charge in [0.05, 0.1) is 0 Å². The van der Waals surface area contributed by atoms with Crippen molar-refractivity contribution in [2.24, 2.45) is 5.92 Å². The molecule has 3 rings (SSSR count). The van der Waals surface area contributed by atoms with Crippen molar-refractivity contribution in [1.29, 1.82) is 0 Å². The number of pyridine rings is 1. The minimum atomic E-state index is -0.670. The smallest absolute Gasteiger partial charge is 0.267 e. The fourth-order valence-corrected chi connectivity index (χ4v) is 3.90. The van der Waals surface area contributed by atoms with E-state index in [-0.39, 0.29) is 36.7 Å². The second-order valence-electron chi connectivity index (χ2n) is 7.30. The molecule has 0 radical (unpaired) electrons. The number of nitrogens with one attached hydrogen (secondary N) is 2. The molecule has 0 unspecified atom stereocenters. The van der Waals surface area contributed by atoms with Crippen molar-refractivity contribution in [2.45, 2.75) is 44.6 Å². The van der Waals surface area contributed by atoms with E-state index in [2.05, 4.69) is 15.2 Å². The molecule has 158 valence electrons. The van der Waals surface area contributed by atoms with Crippen LogP contribution in [0.2, 0.25) is 0 Å². The summed E-state index contributed by atoms with van der Waals surface area (Å²) in [4.78, 5) is 17.6. The number of hydroxylamine groups is 1. The van der Waals surface area contributed by atoms with Crippen LogP contribution in [0.1, 0.15) is 44.1 Å². The first-order valence-electron chi connectivity index (χ1n) is 9.40. The summed E-state index contributed by atoms with van der Waals surface area (Å²) >= 11 is 0. The molecule has 0 bridgehead atoms. The van der Waals surface area contributed by atoms with Gasteiger partial charge in [0.15, 0.2) is 11.6 Å². The fourth-order valence-electron chi connectivity index (χ4n) is 3.90. The van der Waals surface area contributed by atoms with Gasteiger partial charge in [-0.25, -0.2) is 14.9 Å². The quantitative estimate of drug-likeness (QED) is 0.361. The van der Waals surface area contributed by atoms with E-state index in [0.29, 0.717) is 5.56 Å². The van der Waals surface area contributed by atoms with Crippen molar-refractivity contribution in [3.05, 3.63) is 29.7 Å². The number of carbonyl (C=O) groups excluding carboxylic acids is 1. The van der Waals surface area contributed by atoms with Gasteiger partial charge >= 0.3 is 0 Å². The van der Waals surface area contributed by atoms with Gasteiger partial charge in [0, 0.05) is 37.9 Å². The summed E-state index contributed by atoms with van der Waals surface area (Å²) in [5, 5.41) is 11.6. The van der Waals surface area contributed by atoms with Crippen LogP contribution in [-0.2, 0) is 4.79 Å². The number of carbonyl (C=O) groups is 1. The van der Waals surface area contributed by atoms with Crippen LogP contribution in [0.5, 0.6) is 0 Å². The molecule has 1 saturated carbocycles. The summed E-state index contributed by atoms with van der Waals surface area (Å²) in [6, 6.07) is 1.53. The average molecular weight is 435 g/mol. The Labute approximate surface area is 177 Å². The average Bonchev–Trinajstić information content (AvgIpc) is 3.09. The van der Waals surface area contributed by atoms with Gasteiger partial charge in [-0.05, 0) is 42.9 Å². The zero-order chi connectivity index (χ0) is 18.4. The fraction of sp³-hybridized carbons (Fsp3) is 0.579. The van der Waals surface area contributed by atoms with Crippen molar-refractivity contribution in [1.82, 2.24) is 15.4 Å². The van der Waals surface area contributed by atoms with Gasteiger partial charge in [0.2, 0.25) is 0 Å². The van der Waals surface area contributed by atoms with Crippen LogP contribution in [0.25, 0.3) is 6.08 Å². The molecular weight excluding hydrogens is 406 g/mol. The molecule has 1 atom stereocenters. The van der Waals surface area contributed by atoms with Crippen molar-refractivity contribution < 1.29 is 14.4 Å². The predicted molar refractivity (Wildman–Crippen MR) is 113 cm³/mol. The van der Waals surface area contributed by atoms with Gasteiger partial charge in [-0.3, -0.25) is 10.0 Å². The van der Waals surface area contributed by atoms with Crippen LogP contribution in [0, 0.1) is 11.7 Å². The Balaban J connectivity index is 0.00000196. The highest BCUT2D eigenvalue weighted by Crippen LogP contribution is 2.26. The van der Waals surface area contributed by atoms with Crippen LogP contribution in [0.3, 0.4) is 0 Å². The maximum atomic E-state index is 14.3. The molecule has 1 saturated heterocycles. The molecule has 6 nitrogen and oxygen atoms in total. The molecular formula is C19H29Cl2FN4O2. The molecule has 2 aliphatic rings. The molecule has 0 spiro atoms. The van der Waals surface area contributed by atoms with E-state index >= 15 is 0 Å². The van der Waals surface area contributed by atoms with Crippen molar-refractivity contribution in [3.8, 4) is 0 Å². The van der Waals surface area contributed by atoms with E-state index in [1.54, 1.807) is 0 Å². The molecule has 1 aromatic rings. The molecule has 2 heterocycles. The Morgan fingerprint density at radius 3 is 2.71 bits per heavy atom. The highest BCUT2D eigenvalue weighted by molar-refractivity contribution is 5.90. The Morgan fingerprint density at radius 1 is 1.29 bits per heavy atom. The largest absolute Gasteiger partial charge is 0.364 e. The number of rotatable bonds is 6. The number of aromatic nitrogens is 1. The topological polar surface area (TPSA) is 77.5 Å². The van der Waals surface area contributed by atoms with Gasteiger partial charge in [0.1, 0.15) is 0 Å². The van der Waals surface area contributed by atoms with Gasteiger partial charge < -0.3 is 10.2 Å². The Hall–Kier alpha value is -1.41. The molecule has 1 aliphatic heterocycles. The maximum Gasteiger partial charge on any atom is 0.267 e. The summed E-state index contributed by atoms with van der Waals surface area (Å²) in [6.07, 6.45) is 11.8. The van der Waals surface area contributed by atoms with Gasteiger partial charge in [0.25, 0.3) is 5.91 Å². The lowest BCUT2D eigenvalue weighted by molar-refractivity contribution is -0.124. The lowest BCUT2D eigenvalue weighted by Crippen LogP contribution is -2.31. The number of hydrogen-bond donors (Lipinski definition) is 3. The monoisotopic (exact) mass is 434 g/mol. The molecule has 9 heteroatoms. The molecule has 1 aliphatic carbocycles. The minimum absolute atomic E-state index is 0. The van der Waals surface area contributed by atoms with Crippen molar-refractivity contribution >= 4 is 42.6 Å². The maximum absolute atomic E-state index is 14.3. The van der Waals surface area contributed by atoms with Crippen LogP contribution in [0.15, 0.2) is 18.3 Å². The second-order valence-corrected chi connectivity index (χ2v) is 7.30. The van der Waals surface area contributed by atoms with Crippen LogP contribution < -0.4 is 10.8 Å². The predicted octanol–water partition coefficient (Wildman–Crippen LogP) is 3.65. The number of hydrogen-bond acceptors (Lipinski definition) is 5. The van der Waals surface area contributed by atoms with Crippen LogP contribution in [-0.4, -0.2) is 46.7 Å². The SMILES string of the molecule is Cl.Cl.O=C(/C=C/c1cnc(N[C@@H]2CCN(CC3CCCCC3)C2)c(F)c1)NO. The van der Waals surface area contributed by atoms with E-state index in [4.69, 9.17) is 5.21 Å². The van der Waals surface area contributed by atoms with E-state index in [0.717, 1.165) is 38.0 Å². The van der Waals surface area contributed by atoms with Crippen molar-refractivity contribution in [3.63, 3.8) is 0 Å². The van der Waals surface area contributed by atoms with Crippen LogP contribution >= 0.6 is 24.8 Å². The van der Waals surface area contributed by atoms with E-state index < -0.39 is 11.7 Å². The normalized spacial score (nSPS) is 20.4. The third kappa shape index (κ3) is 7.20. The first kappa shape index (κ1) is 24.6. The van der Waals surface area contributed by atoms with Crippen LogP contribution in [0.4, 0.5) is 10.2 Å². The Bertz CT molecular complexity index is 657. The van der Waals surface area contributed by atoms with Gasteiger partial charge in [-0.2, -0.15) is 0 Å². The summed E-state index contributed by atoms with van der Waals surface area (Å²) in [7, 11) is 0. The number of likely N-dealkylation sites (tertiary alicyclic amines) is 1. The van der Waals surface area contributed by atoms with E-state index in [1.165, 1.54) is 55.9 Å². The number of amides is 1. The Kier molecular flexibility index (Phi) is 10.7. The molecule has 0 aromatic carbocycles. The molecule has 2 fully saturated rings. The zero-order valence-electron chi connectivity index (χ0n) is 15.8. The molecule has 1 aromatic heterocycles. The molecule has 28 heavy (non-hydrogen) atoms. The summed E-state index contributed by atoms with van der Waals surface area (Å²) < 4.78 is 14.3. The van der Waals surface area contributed by atoms with E-state index in [9.17, 15) is 9.18 Å². The highest BCUT2D eigenvalue weighted by Gasteiger charge is 2.26. The second kappa shape index (κ2) is 12.2. The molecule has 3 N–H and O–H groups in total. The van der Waals surface area contributed by atoms with Crippen molar-refractivity contribution in [2.75, 3.05) is 25.0 Å². The summed E-state index contributed by atoms with van der Waals surface area (Å²) in [5.41, 5.74) is 1.95. The zero-order valence-corrected chi connectivity index (χ0v) is 17.4. The summed E-state index contributed by atoms with van der Waals surface area (Å²) in [6.45, 7) is 3.13. The lowest BCUT2D eigenvalue weighted by Gasteiger charge is -2.26. The van der Waals surface area contributed by atoms with Gasteiger partial charge in [-0.15, -0.1) is 24.8 Å². The third-order valence-electron chi connectivity index (χ3n) is 5.25. The number of halogens is 3.